The molecule has 0 aliphatic carbocycles. The summed E-state index contributed by atoms with van der Waals surface area (Å²) >= 11 is 0. The predicted octanol–water partition coefficient (Wildman–Crippen LogP) is -0.0618. The highest BCUT2D eigenvalue weighted by molar-refractivity contribution is 5.95. The summed E-state index contributed by atoms with van der Waals surface area (Å²) in [5.41, 5.74) is 0.952. The van der Waals surface area contributed by atoms with Crippen LogP contribution < -0.4 is 21.3 Å². The van der Waals surface area contributed by atoms with Gasteiger partial charge in [0.15, 0.2) is 0 Å². The summed E-state index contributed by atoms with van der Waals surface area (Å²) in [5.74, 6) is -2.29. The Labute approximate surface area is 210 Å². The molecule has 1 heterocycles. The van der Waals surface area contributed by atoms with Gasteiger partial charge < -0.3 is 31.5 Å². The zero-order valence-corrected chi connectivity index (χ0v) is 20.4. The maximum Gasteiger partial charge on any atom is 0.245 e. The van der Waals surface area contributed by atoms with Gasteiger partial charge in [0.1, 0.15) is 12.1 Å². The zero-order valence-electron chi connectivity index (χ0n) is 20.4. The van der Waals surface area contributed by atoms with Gasteiger partial charge in [0.05, 0.1) is 12.2 Å². The van der Waals surface area contributed by atoms with Gasteiger partial charge in [-0.15, -0.1) is 0 Å². The number of carbonyl (C=O) groups is 4. The van der Waals surface area contributed by atoms with Gasteiger partial charge in [0.25, 0.3) is 0 Å². The highest BCUT2D eigenvalue weighted by Gasteiger charge is 2.31. The van der Waals surface area contributed by atoms with E-state index >= 15 is 0 Å². The van der Waals surface area contributed by atoms with Crippen LogP contribution in [0, 0.1) is 0 Å². The monoisotopic (exact) mass is 498 g/mol. The molecule has 0 unspecified atom stereocenters. The standard InChI is InChI=1S/C26H34N4O6/c1-17-12-13-22(33)27-15-14-20(32)16-21(25(35)28-17)29-26(36)24(18(2)31)30-23(34)11-7-6-10-19-8-4-3-5-9-19/h3-13,17-18,20-21,24,31-32H,14-16H2,1-2H3,(H,27,33)(H,28,35)(H,29,36)(H,30,34)/b10-6+,11-7+,13-12+/t17-,18+,20-,21-,24-/m0/s1. The van der Waals surface area contributed by atoms with E-state index < -0.39 is 48.1 Å². The van der Waals surface area contributed by atoms with E-state index in [9.17, 15) is 29.4 Å². The van der Waals surface area contributed by atoms with Crippen molar-refractivity contribution < 1.29 is 29.4 Å². The minimum atomic E-state index is -1.33. The molecule has 2 rings (SSSR count). The summed E-state index contributed by atoms with van der Waals surface area (Å²) in [6.07, 6.45) is 6.80. The lowest BCUT2D eigenvalue weighted by Gasteiger charge is -2.26. The average molecular weight is 499 g/mol. The maximum absolute atomic E-state index is 12.9. The van der Waals surface area contributed by atoms with Gasteiger partial charge in [-0.05, 0) is 25.8 Å². The van der Waals surface area contributed by atoms with Crippen LogP contribution in [0.25, 0.3) is 6.08 Å². The summed E-state index contributed by atoms with van der Waals surface area (Å²) in [5, 5.41) is 30.6. The molecule has 0 radical (unpaired) electrons. The van der Waals surface area contributed by atoms with Crippen molar-refractivity contribution in [3.8, 4) is 0 Å². The van der Waals surface area contributed by atoms with E-state index in [1.165, 1.54) is 31.2 Å². The topological polar surface area (TPSA) is 157 Å². The average Bonchev–Trinajstić information content (AvgIpc) is 2.83. The van der Waals surface area contributed by atoms with E-state index in [0.717, 1.165) is 5.56 Å². The van der Waals surface area contributed by atoms with Gasteiger partial charge in [-0.1, -0.05) is 54.6 Å². The van der Waals surface area contributed by atoms with Crippen molar-refractivity contribution in [1.82, 2.24) is 21.3 Å². The highest BCUT2D eigenvalue weighted by Crippen LogP contribution is 2.06. The molecule has 0 saturated carbocycles. The molecule has 4 amide bonds. The molecule has 36 heavy (non-hydrogen) atoms. The van der Waals surface area contributed by atoms with Crippen molar-refractivity contribution in [3.05, 3.63) is 66.3 Å². The van der Waals surface area contributed by atoms with Crippen LogP contribution in [-0.2, 0) is 19.2 Å². The van der Waals surface area contributed by atoms with Crippen LogP contribution in [0.5, 0.6) is 0 Å². The number of amides is 4. The number of rotatable bonds is 7. The smallest absolute Gasteiger partial charge is 0.245 e. The third-order valence-corrected chi connectivity index (χ3v) is 5.33. The molecule has 1 aliphatic heterocycles. The summed E-state index contributed by atoms with van der Waals surface area (Å²) in [7, 11) is 0. The minimum absolute atomic E-state index is 0.117. The van der Waals surface area contributed by atoms with Crippen LogP contribution in [-0.4, -0.2) is 70.7 Å². The first-order valence-corrected chi connectivity index (χ1v) is 11.8. The second-order valence-corrected chi connectivity index (χ2v) is 8.54. The molecular formula is C26H34N4O6. The van der Waals surface area contributed by atoms with Gasteiger partial charge in [-0.2, -0.15) is 0 Å². The number of aliphatic hydroxyl groups excluding tert-OH is 2. The van der Waals surface area contributed by atoms with Crippen molar-refractivity contribution in [2.75, 3.05) is 6.54 Å². The molecule has 1 aliphatic rings. The first-order valence-electron chi connectivity index (χ1n) is 11.8. The number of aliphatic hydroxyl groups is 2. The number of nitrogens with one attached hydrogen (secondary N) is 4. The zero-order chi connectivity index (χ0) is 26.5. The Bertz CT molecular complexity index is 989. The summed E-state index contributed by atoms with van der Waals surface area (Å²) in [6.45, 7) is 3.19. The first-order chi connectivity index (χ1) is 17.2. The quantitative estimate of drug-likeness (QED) is 0.228. The molecule has 0 spiro atoms. The Morgan fingerprint density at radius 1 is 1.17 bits per heavy atom. The lowest BCUT2D eigenvalue weighted by atomic mass is 10.0. The number of allylic oxidation sites excluding steroid dienone is 2. The fraction of sp³-hybridized carbons (Fsp3) is 0.385. The lowest BCUT2D eigenvalue weighted by Crippen LogP contribution is -2.58. The van der Waals surface area contributed by atoms with Crippen molar-refractivity contribution in [2.45, 2.75) is 57.0 Å². The van der Waals surface area contributed by atoms with Crippen LogP contribution in [0.3, 0.4) is 0 Å². The maximum atomic E-state index is 12.9. The minimum Gasteiger partial charge on any atom is -0.393 e. The van der Waals surface area contributed by atoms with Gasteiger partial charge in [-0.25, -0.2) is 0 Å². The summed E-state index contributed by atoms with van der Waals surface area (Å²) in [6, 6.07) is 6.51. The molecule has 1 aromatic carbocycles. The van der Waals surface area contributed by atoms with Gasteiger partial charge in [0.2, 0.25) is 23.6 Å². The van der Waals surface area contributed by atoms with E-state index in [2.05, 4.69) is 21.3 Å². The third kappa shape index (κ3) is 10.2. The van der Waals surface area contributed by atoms with Crippen LogP contribution in [0.2, 0.25) is 0 Å². The molecule has 0 aromatic heterocycles. The Hall–Kier alpha value is -3.76. The van der Waals surface area contributed by atoms with Gasteiger partial charge >= 0.3 is 0 Å². The molecule has 10 nitrogen and oxygen atoms in total. The Morgan fingerprint density at radius 2 is 1.89 bits per heavy atom. The highest BCUT2D eigenvalue weighted by atomic mass is 16.3. The SMILES string of the molecule is C[C@H]1/C=C/C(=O)NCC[C@H](O)C[C@H](NC(=O)[C@@H](NC(=O)/C=C/C=C/c2ccccc2)[C@@H](C)O)C(=O)N1. The number of hydrogen-bond donors (Lipinski definition) is 6. The fourth-order valence-corrected chi connectivity index (χ4v) is 3.39. The molecule has 5 atom stereocenters. The number of carbonyl (C=O) groups excluding carboxylic acids is 4. The fourth-order valence-electron chi connectivity index (χ4n) is 3.39. The molecule has 1 aromatic rings. The second kappa shape index (κ2) is 14.6. The van der Waals surface area contributed by atoms with Crippen LogP contribution in [0.4, 0.5) is 0 Å². The van der Waals surface area contributed by atoms with E-state index in [1.807, 2.05) is 30.3 Å². The third-order valence-electron chi connectivity index (χ3n) is 5.33. The van der Waals surface area contributed by atoms with Crippen molar-refractivity contribution in [1.29, 1.82) is 0 Å². The molecular weight excluding hydrogens is 464 g/mol. The van der Waals surface area contributed by atoms with Crippen molar-refractivity contribution >= 4 is 29.7 Å². The molecule has 10 heteroatoms. The summed E-state index contributed by atoms with van der Waals surface area (Å²) < 4.78 is 0. The van der Waals surface area contributed by atoms with E-state index in [4.69, 9.17) is 0 Å². The van der Waals surface area contributed by atoms with E-state index in [1.54, 1.807) is 19.1 Å². The number of benzene rings is 1. The Morgan fingerprint density at radius 3 is 2.58 bits per heavy atom. The summed E-state index contributed by atoms with van der Waals surface area (Å²) in [4.78, 5) is 49.7. The van der Waals surface area contributed by atoms with Crippen LogP contribution >= 0.6 is 0 Å². The first kappa shape index (κ1) is 28.5. The molecule has 0 bridgehead atoms. The second-order valence-electron chi connectivity index (χ2n) is 8.54. The van der Waals surface area contributed by atoms with Gasteiger partial charge in [0, 0.05) is 31.2 Å². The molecule has 6 N–H and O–H groups in total. The van der Waals surface area contributed by atoms with E-state index in [0.29, 0.717) is 0 Å². The molecule has 0 fully saturated rings. The predicted molar refractivity (Wildman–Crippen MR) is 135 cm³/mol. The van der Waals surface area contributed by atoms with Crippen molar-refractivity contribution in [3.63, 3.8) is 0 Å². The van der Waals surface area contributed by atoms with Crippen molar-refractivity contribution in [2.24, 2.45) is 0 Å². The molecule has 194 valence electrons. The normalized spacial score (nSPS) is 24.1. The van der Waals surface area contributed by atoms with Crippen LogP contribution in [0.15, 0.2) is 60.7 Å². The van der Waals surface area contributed by atoms with E-state index in [-0.39, 0.29) is 25.3 Å². The Kier molecular flexibility index (Phi) is 11.5. The number of hydrogen-bond acceptors (Lipinski definition) is 6. The molecule has 0 saturated heterocycles. The lowest BCUT2D eigenvalue weighted by molar-refractivity contribution is -0.134. The van der Waals surface area contributed by atoms with Crippen LogP contribution in [0.1, 0.15) is 32.3 Å². The van der Waals surface area contributed by atoms with Gasteiger partial charge in [-0.3, -0.25) is 19.2 Å². The Balaban J connectivity index is 2.04. The largest absolute Gasteiger partial charge is 0.393 e.